The lowest BCUT2D eigenvalue weighted by molar-refractivity contribution is 0.0691. The molecule has 0 saturated carbocycles. The molecule has 0 aromatic carbocycles. The molecule has 0 aliphatic carbocycles. The zero-order chi connectivity index (χ0) is 13.1. The van der Waals surface area contributed by atoms with Crippen molar-refractivity contribution in [1.29, 1.82) is 0 Å². The Morgan fingerprint density at radius 1 is 1.50 bits per heavy atom. The summed E-state index contributed by atoms with van der Waals surface area (Å²) in [6.45, 7) is 1.95. The number of nitrogens with one attached hydrogen (secondary N) is 1. The van der Waals surface area contributed by atoms with E-state index in [9.17, 15) is 4.79 Å². The average Bonchev–Trinajstić information content (AvgIpc) is 2.76. The van der Waals surface area contributed by atoms with E-state index in [-0.39, 0.29) is 11.7 Å². The van der Waals surface area contributed by atoms with Crippen LogP contribution in [0.15, 0.2) is 30.5 Å². The zero-order valence-electron chi connectivity index (χ0n) is 9.55. The molecule has 2 rings (SSSR count). The molecule has 2 N–H and O–H groups in total. The first kappa shape index (κ1) is 12.9. The molecule has 0 saturated heterocycles. The van der Waals surface area contributed by atoms with Gasteiger partial charge in [0.2, 0.25) is 0 Å². The van der Waals surface area contributed by atoms with Crippen molar-refractivity contribution in [2.45, 2.75) is 13.0 Å². The molecule has 0 aliphatic heterocycles. The van der Waals surface area contributed by atoms with E-state index in [1.165, 1.54) is 17.5 Å². The van der Waals surface area contributed by atoms with Gasteiger partial charge in [-0.25, -0.2) is 9.78 Å². The molecule has 2 heterocycles. The van der Waals surface area contributed by atoms with Crippen LogP contribution < -0.4 is 5.32 Å². The number of carbonyl (C=O) groups is 1. The Bertz CT molecular complexity index is 571. The molecular formula is C12H11ClN2O2S. The molecule has 2 aromatic heterocycles. The highest BCUT2D eigenvalue weighted by atomic mass is 35.5. The van der Waals surface area contributed by atoms with Gasteiger partial charge in [0.25, 0.3) is 0 Å². The molecule has 0 spiro atoms. The summed E-state index contributed by atoms with van der Waals surface area (Å²) in [5.74, 6) is -1.05. The van der Waals surface area contributed by atoms with Crippen LogP contribution in [0.25, 0.3) is 0 Å². The van der Waals surface area contributed by atoms with Crippen LogP contribution in [-0.2, 0) is 0 Å². The molecule has 2 aromatic rings. The monoisotopic (exact) mass is 282 g/mol. The number of anilines is 1. The minimum absolute atomic E-state index is 0.0204. The number of pyridine rings is 1. The third-order valence-electron chi connectivity index (χ3n) is 2.40. The molecule has 94 valence electrons. The van der Waals surface area contributed by atoms with Crippen molar-refractivity contribution in [3.8, 4) is 0 Å². The molecule has 18 heavy (non-hydrogen) atoms. The van der Waals surface area contributed by atoms with E-state index in [0.717, 1.165) is 4.88 Å². The van der Waals surface area contributed by atoms with E-state index in [4.69, 9.17) is 16.7 Å². The van der Waals surface area contributed by atoms with Crippen LogP contribution in [0.4, 0.5) is 5.69 Å². The Morgan fingerprint density at radius 3 is 2.89 bits per heavy atom. The summed E-state index contributed by atoms with van der Waals surface area (Å²) >= 11 is 7.34. The Balaban J connectivity index is 2.21. The van der Waals surface area contributed by atoms with E-state index in [0.29, 0.717) is 10.0 Å². The number of carboxylic acids is 1. The lowest BCUT2D eigenvalue weighted by Gasteiger charge is -2.14. The van der Waals surface area contributed by atoms with Gasteiger partial charge in [-0.15, -0.1) is 11.3 Å². The van der Waals surface area contributed by atoms with Gasteiger partial charge >= 0.3 is 5.97 Å². The van der Waals surface area contributed by atoms with Crippen LogP contribution in [0.3, 0.4) is 0 Å². The van der Waals surface area contributed by atoms with Crippen molar-refractivity contribution in [2.24, 2.45) is 0 Å². The normalized spacial score (nSPS) is 12.1. The molecule has 1 atom stereocenters. The fourth-order valence-electron chi connectivity index (χ4n) is 1.56. The number of aromatic carboxylic acids is 1. The maximum Gasteiger partial charge on any atom is 0.356 e. The summed E-state index contributed by atoms with van der Waals surface area (Å²) in [4.78, 5) is 15.9. The van der Waals surface area contributed by atoms with E-state index < -0.39 is 5.97 Å². The second-order valence-corrected chi connectivity index (χ2v) is 5.46. The van der Waals surface area contributed by atoms with Gasteiger partial charge in [0.1, 0.15) is 0 Å². The Morgan fingerprint density at radius 2 is 2.28 bits per heavy atom. The van der Waals surface area contributed by atoms with E-state index >= 15 is 0 Å². The first-order chi connectivity index (χ1) is 8.58. The molecule has 0 radical (unpaired) electrons. The Hall–Kier alpha value is -1.59. The van der Waals surface area contributed by atoms with Crippen molar-refractivity contribution >= 4 is 34.6 Å². The second-order valence-electron chi connectivity index (χ2n) is 3.71. The van der Waals surface area contributed by atoms with Gasteiger partial charge < -0.3 is 10.4 Å². The van der Waals surface area contributed by atoms with E-state index in [1.807, 2.05) is 19.1 Å². The van der Waals surface area contributed by atoms with Gasteiger partial charge in [0.15, 0.2) is 5.69 Å². The number of aromatic nitrogens is 1. The largest absolute Gasteiger partial charge is 0.476 e. The van der Waals surface area contributed by atoms with Crippen molar-refractivity contribution in [3.63, 3.8) is 0 Å². The number of thiophene rings is 1. The minimum atomic E-state index is -1.05. The summed E-state index contributed by atoms with van der Waals surface area (Å²) in [6, 6.07) is 7.11. The Kier molecular flexibility index (Phi) is 3.84. The summed E-state index contributed by atoms with van der Waals surface area (Å²) in [6.07, 6.45) is 1.46. The van der Waals surface area contributed by atoms with Gasteiger partial charge in [0.05, 0.1) is 16.1 Å². The number of halogens is 1. The van der Waals surface area contributed by atoms with Crippen LogP contribution in [0.5, 0.6) is 0 Å². The van der Waals surface area contributed by atoms with Crippen molar-refractivity contribution in [3.05, 3.63) is 45.4 Å². The standard InChI is InChI=1S/C12H11ClN2O2S/c1-7(9-4-5-10(13)18-9)15-8-3-2-6-14-11(8)12(16)17/h2-7,15H,1H3,(H,16,17). The van der Waals surface area contributed by atoms with Gasteiger partial charge in [-0.05, 0) is 31.2 Å². The third-order valence-corrected chi connectivity index (χ3v) is 3.82. The highest BCUT2D eigenvalue weighted by Crippen LogP contribution is 2.29. The molecule has 0 amide bonds. The Labute approximate surface area is 113 Å². The fourth-order valence-corrected chi connectivity index (χ4v) is 2.62. The lowest BCUT2D eigenvalue weighted by atomic mass is 10.2. The fraction of sp³-hybridized carbons (Fsp3) is 0.167. The number of nitrogens with zero attached hydrogens (tertiary/aromatic N) is 1. The molecule has 6 heteroatoms. The topological polar surface area (TPSA) is 62.2 Å². The summed E-state index contributed by atoms with van der Waals surface area (Å²) < 4.78 is 0.711. The minimum Gasteiger partial charge on any atom is -0.476 e. The van der Waals surface area contributed by atoms with Crippen LogP contribution in [0, 0.1) is 0 Å². The predicted molar refractivity (Wildman–Crippen MR) is 72.6 cm³/mol. The quantitative estimate of drug-likeness (QED) is 0.898. The third kappa shape index (κ3) is 2.80. The van der Waals surface area contributed by atoms with Gasteiger partial charge in [0, 0.05) is 11.1 Å². The average molecular weight is 283 g/mol. The predicted octanol–water partition coefficient (Wildman–Crippen LogP) is 3.67. The van der Waals surface area contributed by atoms with Crippen LogP contribution in [0.2, 0.25) is 4.34 Å². The molecule has 1 unspecified atom stereocenters. The smallest absolute Gasteiger partial charge is 0.356 e. The van der Waals surface area contributed by atoms with Crippen LogP contribution in [-0.4, -0.2) is 16.1 Å². The first-order valence-electron chi connectivity index (χ1n) is 5.28. The molecule has 4 nitrogen and oxygen atoms in total. The number of carboxylic acid groups (broad SMARTS) is 1. The summed E-state index contributed by atoms with van der Waals surface area (Å²) in [5, 5.41) is 12.2. The summed E-state index contributed by atoms with van der Waals surface area (Å²) in [7, 11) is 0. The number of hydrogen-bond acceptors (Lipinski definition) is 4. The van der Waals surface area contributed by atoms with Crippen molar-refractivity contribution < 1.29 is 9.90 Å². The lowest BCUT2D eigenvalue weighted by Crippen LogP contribution is -2.11. The van der Waals surface area contributed by atoms with E-state index in [2.05, 4.69) is 10.3 Å². The van der Waals surface area contributed by atoms with Gasteiger partial charge in [-0.2, -0.15) is 0 Å². The first-order valence-corrected chi connectivity index (χ1v) is 6.47. The van der Waals surface area contributed by atoms with Crippen molar-refractivity contribution in [2.75, 3.05) is 5.32 Å². The van der Waals surface area contributed by atoms with Crippen molar-refractivity contribution in [1.82, 2.24) is 4.98 Å². The molecule has 0 fully saturated rings. The van der Waals surface area contributed by atoms with Crippen LogP contribution >= 0.6 is 22.9 Å². The number of hydrogen-bond donors (Lipinski definition) is 2. The van der Waals surface area contributed by atoms with E-state index in [1.54, 1.807) is 12.1 Å². The van der Waals surface area contributed by atoms with Gasteiger partial charge in [-0.1, -0.05) is 11.6 Å². The van der Waals surface area contributed by atoms with Crippen LogP contribution in [0.1, 0.15) is 28.3 Å². The maximum atomic E-state index is 11.0. The zero-order valence-corrected chi connectivity index (χ0v) is 11.1. The molecule has 0 bridgehead atoms. The maximum absolute atomic E-state index is 11.0. The van der Waals surface area contributed by atoms with Gasteiger partial charge in [-0.3, -0.25) is 0 Å². The highest BCUT2D eigenvalue weighted by molar-refractivity contribution is 7.16. The highest BCUT2D eigenvalue weighted by Gasteiger charge is 2.14. The SMILES string of the molecule is CC(Nc1cccnc1C(=O)O)c1ccc(Cl)s1. The second kappa shape index (κ2) is 5.37. The summed E-state index contributed by atoms with van der Waals surface area (Å²) in [5.41, 5.74) is 0.522. The number of rotatable bonds is 4. The molecule has 0 aliphatic rings. The molecular weight excluding hydrogens is 272 g/mol.